The van der Waals surface area contributed by atoms with Gasteiger partial charge >= 0.3 is 5.89 Å². The average Bonchev–Trinajstić information content (AvgIpc) is 3.93. The molecule has 55 heavy (non-hydrogen) atoms. The highest BCUT2D eigenvalue weighted by Gasteiger charge is 2.27. The Bertz CT molecular complexity index is 2870. The molecule has 14 heteroatoms. The Labute approximate surface area is 323 Å². The third kappa shape index (κ3) is 7.86. The Kier molecular flexibility index (Phi) is 9.94. The molecule has 11 nitrogen and oxygen atoms in total. The molecule has 4 aromatic carbocycles. The van der Waals surface area contributed by atoms with Crippen molar-refractivity contribution in [1.29, 1.82) is 0 Å². The normalized spacial score (nSPS) is 14.6. The number of aromatic nitrogens is 3. The van der Waals surface area contributed by atoms with Gasteiger partial charge in [0.05, 0.1) is 53.7 Å². The molecule has 0 atom stereocenters. The van der Waals surface area contributed by atoms with Gasteiger partial charge in [0.2, 0.25) is 5.58 Å². The second kappa shape index (κ2) is 14.8. The maximum Gasteiger partial charge on any atom is 0.374 e. The first kappa shape index (κ1) is 36.8. The van der Waals surface area contributed by atoms with Crippen molar-refractivity contribution in [3.05, 3.63) is 132 Å². The number of para-hydroxylation sites is 2. The lowest BCUT2D eigenvalue weighted by atomic mass is 10.1. The van der Waals surface area contributed by atoms with Crippen LogP contribution in [-0.2, 0) is 26.8 Å². The van der Waals surface area contributed by atoms with E-state index >= 15 is 0 Å². The fourth-order valence-electron chi connectivity index (χ4n) is 7.13. The van der Waals surface area contributed by atoms with Gasteiger partial charge < -0.3 is 27.6 Å². The van der Waals surface area contributed by atoms with Crippen molar-refractivity contribution in [2.45, 2.75) is 37.6 Å². The van der Waals surface area contributed by atoms with E-state index in [0.29, 0.717) is 24.4 Å². The highest BCUT2D eigenvalue weighted by molar-refractivity contribution is 8.03. The summed E-state index contributed by atoms with van der Waals surface area (Å²) in [4.78, 5) is 3.05. The molecule has 0 unspecified atom stereocenters. The summed E-state index contributed by atoms with van der Waals surface area (Å²) in [5, 5.41) is 3.07. The first-order chi connectivity index (χ1) is 26.4. The quantitative estimate of drug-likeness (QED) is 0.0846. The Hall–Kier alpha value is -5.12. The van der Waals surface area contributed by atoms with E-state index in [-0.39, 0.29) is 19.4 Å². The number of benzene rings is 4. The van der Waals surface area contributed by atoms with Crippen LogP contribution in [0.4, 0.5) is 5.69 Å². The molecule has 3 aromatic heterocycles. The van der Waals surface area contributed by atoms with Crippen LogP contribution in [0.2, 0.25) is 0 Å². The molecule has 0 fully saturated rings. The fourth-order valence-corrected chi connectivity index (χ4v) is 9.24. The monoisotopic (exact) mass is 793 g/mol. The van der Waals surface area contributed by atoms with Gasteiger partial charge in [0, 0.05) is 53.5 Å². The van der Waals surface area contributed by atoms with E-state index in [1.807, 2.05) is 96.7 Å². The summed E-state index contributed by atoms with van der Waals surface area (Å²) in [5.74, 6) is -0.493. The number of aryl methyl sites for hydroxylation is 1. The van der Waals surface area contributed by atoms with Gasteiger partial charge in [-0.1, -0.05) is 55.1 Å². The van der Waals surface area contributed by atoms with Crippen LogP contribution in [0.15, 0.2) is 135 Å². The molecule has 0 radical (unpaired) electrons. The van der Waals surface area contributed by atoms with E-state index in [0.717, 1.165) is 59.9 Å². The molecular weight excluding hydrogens is 757 g/mol. The van der Waals surface area contributed by atoms with Crippen LogP contribution < -0.4 is 9.47 Å². The molecular formula is C41H37N4O7S3-. The molecule has 0 spiro atoms. The number of anilines is 1. The third-order valence-corrected chi connectivity index (χ3v) is 12.5. The number of allylic oxidation sites excluding steroid dienone is 2. The predicted octanol–water partition coefficient (Wildman–Crippen LogP) is 7.73. The minimum Gasteiger partial charge on any atom is -0.748 e. The molecule has 0 amide bonds. The first-order valence-electron chi connectivity index (χ1n) is 17.9. The van der Waals surface area contributed by atoms with Crippen LogP contribution in [0, 0.1) is 0 Å². The lowest BCUT2D eigenvalue weighted by molar-refractivity contribution is -0.677. The smallest absolute Gasteiger partial charge is 0.374 e. The summed E-state index contributed by atoms with van der Waals surface area (Å²) >= 11 is 1.56. The first-order valence-corrected chi connectivity index (χ1v) is 21.9. The van der Waals surface area contributed by atoms with Crippen LogP contribution in [0.1, 0.15) is 32.1 Å². The van der Waals surface area contributed by atoms with Gasteiger partial charge in [0.15, 0.2) is 6.54 Å². The summed E-state index contributed by atoms with van der Waals surface area (Å²) in [5.41, 5.74) is 7.11. The third-order valence-electron chi connectivity index (χ3n) is 9.76. The minimum absolute atomic E-state index is 0.103. The fraction of sp³-hybridized carbons (Fsp3) is 0.195. The molecule has 282 valence electrons. The van der Waals surface area contributed by atoms with E-state index in [1.54, 1.807) is 11.8 Å². The number of nitrogens with zero attached hydrogens (tertiary/aromatic N) is 4. The van der Waals surface area contributed by atoms with Gasteiger partial charge in [-0.2, -0.15) is 4.57 Å². The number of rotatable bonds is 13. The highest BCUT2D eigenvalue weighted by atomic mass is 32.2. The highest BCUT2D eigenvalue weighted by Crippen LogP contribution is 2.47. The van der Waals surface area contributed by atoms with E-state index < -0.39 is 31.7 Å². The number of hydrogen-bond acceptors (Lipinski definition) is 9. The van der Waals surface area contributed by atoms with Crippen LogP contribution >= 0.6 is 11.8 Å². The zero-order valence-corrected chi connectivity index (χ0v) is 32.3. The van der Waals surface area contributed by atoms with Crippen molar-refractivity contribution in [1.82, 2.24) is 9.13 Å². The van der Waals surface area contributed by atoms with Crippen molar-refractivity contribution in [3.8, 4) is 11.4 Å². The average molecular weight is 794 g/mol. The maximum absolute atomic E-state index is 11.6. The Balaban J connectivity index is 1.18. The molecule has 0 N–H and O–H groups in total. The Morgan fingerprint density at radius 2 is 1.40 bits per heavy atom. The van der Waals surface area contributed by atoms with Crippen LogP contribution in [0.5, 0.6) is 0 Å². The molecule has 4 heterocycles. The minimum atomic E-state index is -4.42. The van der Waals surface area contributed by atoms with E-state index in [2.05, 4.69) is 50.4 Å². The molecule has 0 aliphatic carbocycles. The van der Waals surface area contributed by atoms with Gasteiger partial charge in [0.1, 0.15) is 0 Å². The number of fused-ring (bicyclic) bond motifs is 4. The SMILES string of the molecule is CCC(/C=C1\Sc2ccc(-n3ccc4ccccc43)cc2N1CCCS(=O)(=O)[O-])=C\c1oc2ccc(-n3ccc4ccccc43)cc2[n+]1CCCS(=O)(=O)[O-]. The Morgan fingerprint density at radius 3 is 2.05 bits per heavy atom. The van der Waals surface area contributed by atoms with Crippen molar-refractivity contribution in [2.24, 2.45) is 0 Å². The van der Waals surface area contributed by atoms with Crippen molar-refractivity contribution in [2.75, 3.05) is 23.0 Å². The summed E-state index contributed by atoms with van der Waals surface area (Å²) in [6.45, 7) is 2.56. The molecule has 8 rings (SSSR count). The largest absolute Gasteiger partial charge is 0.748 e. The van der Waals surface area contributed by atoms with Gasteiger partial charge in [0.25, 0.3) is 5.52 Å². The number of oxazole rings is 1. The number of hydrogen-bond donors (Lipinski definition) is 0. The van der Waals surface area contributed by atoms with Crippen LogP contribution in [-0.4, -0.2) is 53.1 Å². The summed E-state index contributed by atoms with van der Waals surface area (Å²) in [6, 6.07) is 32.3. The molecule has 0 saturated carbocycles. The molecule has 1 aliphatic heterocycles. The zero-order valence-electron chi connectivity index (χ0n) is 29.9. The zero-order chi connectivity index (χ0) is 38.3. The molecule has 1 aliphatic rings. The van der Waals surface area contributed by atoms with Gasteiger partial charge in [-0.05, 0) is 89.9 Å². The predicted molar refractivity (Wildman–Crippen MR) is 214 cm³/mol. The second-order valence-corrected chi connectivity index (χ2v) is 17.5. The number of thioether (sulfide) groups is 1. The lowest BCUT2D eigenvalue weighted by Gasteiger charge is -2.22. The van der Waals surface area contributed by atoms with E-state index in [9.17, 15) is 25.9 Å². The van der Waals surface area contributed by atoms with Gasteiger partial charge in [-0.3, -0.25) is 0 Å². The second-order valence-electron chi connectivity index (χ2n) is 13.4. The standard InChI is InChI=1S/C41H38N4O7S3/c1-2-29(25-40-44(19-7-23-54(46,47)48)36-27-32(13-15-38(36)52-40)42-21-17-30-9-3-5-11-34(30)42)26-41-45(20-8-24-55(49,50)51)37-28-33(14-16-39(37)53-41)43-22-18-31-10-4-6-12-35(31)43/h3-6,9-18,21-22,25-28H,2,7-8,19-20,23-24H2,1H3,(H-,46,47,48,49,50,51)/p-1. The molecule has 7 aromatic rings. The van der Waals surface area contributed by atoms with Crippen molar-refractivity contribution >= 4 is 76.7 Å². The van der Waals surface area contributed by atoms with Gasteiger partial charge in [-0.15, -0.1) is 0 Å². The summed E-state index contributed by atoms with van der Waals surface area (Å²) < 4.78 is 82.1. The molecule has 0 saturated heterocycles. The topological polar surface area (TPSA) is 145 Å². The molecule has 0 bridgehead atoms. The maximum atomic E-state index is 11.6. The van der Waals surface area contributed by atoms with E-state index in [4.69, 9.17) is 4.42 Å². The summed E-state index contributed by atoms with van der Waals surface area (Å²) in [7, 11) is -8.83. The summed E-state index contributed by atoms with van der Waals surface area (Å²) in [6.07, 6.45) is 8.85. The Morgan fingerprint density at radius 1 is 0.782 bits per heavy atom. The lowest BCUT2D eigenvalue weighted by Crippen LogP contribution is -2.36. The van der Waals surface area contributed by atoms with Crippen molar-refractivity contribution < 1.29 is 34.9 Å². The van der Waals surface area contributed by atoms with Crippen LogP contribution in [0.25, 0.3) is 50.4 Å². The van der Waals surface area contributed by atoms with Gasteiger partial charge in [-0.25, -0.2) is 16.8 Å². The van der Waals surface area contributed by atoms with Crippen LogP contribution in [0.3, 0.4) is 0 Å². The van der Waals surface area contributed by atoms with E-state index in [1.165, 1.54) is 0 Å². The van der Waals surface area contributed by atoms with Crippen molar-refractivity contribution in [3.63, 3.8) is 0 Å².